The molecule has 0 spiro atoms. The van der Waals surface area contributed by atoms with Crippen LogP contribution >= 0.6 is 0 Å². The molecule has 1 atom stereocenters. The summed E-state index contributed by atoms with van der Waals surface area (Å²) >= 11 is 0. The number of nitrogens with zero attached hydrogens (tertiary/aromatic N) is 2. The van der Waals surface area contributed by atoms with Crippen LogP contribution in [0.5, 0.6) is 0 Å². The lowest BCUT2D eigenvalue weighted by Crippen LogP contribution is -2.41. The highest BCUT2D eigenvalue weighted by Gasteiger charge is 2.24. The van der Waals surface area contributed by atoms with E-state index in [1.165, 1.54) is 5.56 Å². The number of aromatic nitrogens is 2. The van der Waals surface area contributed by atoms with Crippen molar-refractivity contribution in [3.05, 3.63) is 18.0 Å². The molecule has 1 aromatic rings. The van der Waals surface area contributed by atoms with Gasteiger partial charge in [-0.1, -0.05) is 27.7 Å². The fraction of sp³-hybridized carbons (Fsp3) is 0.769. The summed E-state index contributed by atoms with van der Waals surface area (Å²) < 4.78 is 1.99. The molecule has 1 heterocycles. The van der Waals surface area contributed by atoms with Gasteiger partial charge in [-0.2, -0.15) is 5.10 Å². The van der Waals surface area contributed by atoms with Crippen LogP contribution in [0.25, 0.3) is 0 Å². The van der Waals surface area contributed by atoms with Crippen molar-refractivity contribution in [1.29, 1.82) is 0 Å². The molecule has 0 aliphatic heterocycles. The van der Waals surface area contributed by atoms with Gasteiger partial charge >= 0.3 is 0 Å². The first-order valence-corrected chi connectivity index (χ1v) is 6.22. The molecule has 0 amide bonds. The summed E-state index contributed by atoms with van der Waals surface area (Å²) in [5.41, 5.74) is 1.60. The van der Waals surface area contributed by atoms with Crippen LogP contribution in [-0.4, -0.2) is 22.4 Å². The predicted octanol–water partition coefficient (Wildman–Crippen LogP) is 2.47. The summed E-state index contributed by atoms with van der Waals surface area (Å²) in [4.78, 5) is 0. The van der Waals surface area contributed by atoms with Gasteiger partial charge in [0.25, 0.3) is 0 Å². The highest BCUT2D eigenvalue weighted by molar-refractivity contribution is 5.07. The van der Waals surface area contributed by atoms with E-state index in [1.54, 1.807) is 0 Å². The molecule has 1 rings (SSSR count). The summed E-state index contributed by atoms with van der Waals surface area (Å²) in [6.07, 6.45) is 5.19. The fourth-order valence-corrected chi connectivity index (χ4v) is 1.85. The highest BCUT2D eigenvalue weighted by atomic mass is 15.3. The van der Waals surface area contributed by atoms with Crippen molar-refractivity contribution >= 4 is 0 Å². The van der Waals surface area contributed by atoms with Gasteiger partial charge in [0.05, 0.1) is 6.20 Å². The van der Waals surface area contributed by atoms with Gasteiger partial charge in [-0.3, -0.25) is 4.68 Å². The molecule has 0 aromatic carbocycles. The van der Waals surface area contributed by atoms with Crippen molar-refractivity contribution in [3.63, 3.8) is 0 Å². The molecule has 0 saturated carbocycles. The molecular formula is C13H25N3. The Morgan fingerprint density at radius 2 is 2.06 bits per heavy atom. The number of likely N-dealkylation sites (N-methyl/N-ethyl adjacent to an activating group) is 1. The van der Waals surface area contributed by atoms with Crippen LogP contribution in [0.3, 0.4) is 0 Å². The smallest absolute Gasteiger partial charge is 0.0522 e. The van der Waals surface area contributed by atoms with Crippen LogP contribution in [0.1, 0.15) is 40.2 Å². The highest BCUT2D eigenvalue weighted by Crippen LogP contribution is 2.22. The molecule has 1 unspecified atom stereocenters. The number of nitrogens with one attached hydrogen (secondary N) is 1. The SMILES string of the molecule is CCNC(Cc1cnn(CC)c1)C(C)(C)C. The summed E-state index contributed by atoms with van der Waals surface area (Å²) in [7, 11) is 0. The Morgan fingerprint density at radius 3 is 2.50 bits per heavy atom. The van der Waals surface area contributed by atoms with E-state index in [-0.39, 0.29) is 5.41 Å². The minimum atomic E-state index is 0.282. The molecule has 0 aliphatic rings. The van der Waals surface area contributed by atoms with Crippen LogP contribution < -0.4 is 5.32 Å². The zero-order valence-corrected chi connectivity index (χ0v) is 11.2. The van der Waals surface area contributed by atoms with E-state index in [1.807, 2.05) is 10.9 Å². The molecule has 92 valence electrons. The van der Waals surface area contributed by atoms with Crippen LogP contribution in [0.4, 0.5) is 0 Å². The summed E-state index contributed by atoms with van der Waals surface area (Å²) in [5.74, 6) is 0. The Balaban J connectivity index is 2.67. The third-order valence-electron chi connectivity index (χ3n) is 2.95. The largest absolute Gasteiger partial charge is 0.313 e. The first-order valence-electron chi connectivity index (χ1n) is 6.22. The molecule has 0 fully saturated rings. The first-order chi connectivity index (χ1) is 7.47. The van der Waals surface area contributed by atoms with Gasteiger partial charge in [0, 0.05) is 18.8 Å². The Labute approximate surface area is 99.2 Å². The molecular weight excluding hydrogens is 198 g/mol. The normalized spacial score (nSPS) is 14.1. The molecule has 0 saturated heterocycles. The lowest BCUT2D eigenvalue weighted by Gasteiger charge is -2.31. The van der Waals surface area contributed by atoms with Crippen molar-refractivity contribution in [2.24, 2.45) is 5.41 Å². The van der Waals surface area contributed by atoms with E-state index in [4.69, 9.17) is 0 Å². The van der Waals surface area contributed by atoms with E-state index in [0.29, 0.717) is 6.04 Å². The second-order valence-electron chi connectivity index (χ2n) is 5.38. The zero-order valence-electron chi connectivity index (χ0n) is 11.2. The van der Waals surface area contributed by atoms with Gasteiger partial charge < -0.3 is 5.32 Å². The van der Waals surface area contributed by atoms with Gasteiger partial charge in [0.15, 0.2) is 0 Å². The maximum atomic E-state index is 4.32. The van der Waals surface area contributed by atoms with E-state index in [2.05, 4.69) is 51.2 Å². The van der Waals surface area contributed by atoms with Crippen molar-refractivity contribution in [3.8, 4) is 0 Å². The van der Waals surface area contributed by atoms with E-state index in [0.717, 1.165) is 19.5 Å². The van der Waals surface area contributed by atoms with Crippen LogP contribution in [0, 0.1) is 5.41 Å². The number of hydrogen-bond acceptors (Lipinski definition) is 2. The molecule has 0 radical (unpaired) electrons. The topological polar surface area (TPSA) is 29.9 Å². The summed E-state index contributed by atoms with van der Waals surface area (Å²) in [6.45, 7) is 13.1. The predicted molar refractivity (Wildman–Crippen MR) is 68.5 cm³/mol. The Bertz CT molecular complexity index is 309. The minimum Gasteiger partial charge on any atom is -0.313 e. The Kier molecular flexibility index (Phi) is 4.54. The molecule has 1 aromatic heterocycles. The van der Waals surface area contributed by atoms with Gasteiger partial charge in [0.2, 0.25) is 0 Å². The minimum absolute atomic E-state index is 0.282. The van der Waals surface area contributed by atoms with Crippen LogP contribution in [0.2, 0.25) is 0 Å². The molecule has 0 bridgehead atoms. The second-order valence-corrected chi connectivity index (χ2v) is 5.38. The molecule has 3 nitrogen and oxygen atoms in total. The summed E-state index contributed by atoms with van der Waals surface area (Å²) in [5, 5.41) is 7.88. The maximum absolute atomic E-state index is 4.32. The first kappa shape index (κ1) is 13.2. The quantitative estimate of drug-likeness (QED) is 0.831. The Hall–Kier alpha value is -0.830. The fourth-order valence-electron chi connectivity index (χ4n) is 1.85. The Morgan fingerprint density at radius 1 is 1.38 bits per heavy atom. The van der Waals surface area contributed by atoms with Gasteiger partial charge in [-0.05, 0) is 30.9 Å². The van der Waals surface area contributed by atoms with Crippen LogP contribution in [0.15, 0.2) is 12.4 Å². The molecule has 1 N–H and O–H groups in total. The van der Waals surface area contributed by atoms with Crippen molar-refractivity contribution in [1.82, 2.24) is 15.1 Å². The van der Waals surface area contributed by atoms with E-state index in [9.17, 15) is 0 Å². The average Bonchev–Trinajstić information content (AvgIpc) is 2.63. The van der Waals surface area contributed by atoms with E-state index >= 15 is 0 Å². The average molecular weight is 223 g/mol. The van der Waals surface area contributed by atoms with Crippen LogP contribution in [-0.2, 0) is 13.0 Å². The number of hydrogen-bond donors (Lipinski definition) is 1. The van der Waals surface area contributed by atoms with Crippen molar-refractivity contribution in [2.75, 3.05) is 6.54 Å². The number of aryl methyl sites for hydroxylation is 1. The van der Waals surface area contributed by atoms with E-state index < -0.39 is 0 Å². The van der Waals surface area contributed by atoms with Crippen molar-refractivity contribution in [2.45, 2.75) is 53.6 Å². The van der Waals surface area contributed by atoms with Crippen molar-refractivity contribution < 1.29 is 0 Å². The standard InChI is InChI=1S/C13H25N3/c1-6-14-12(13(3,4)5)8-11-9-15-16(7-2)10-11/h9-10,12,14H,6-8H2,1-5H3. The maximum Gasteiger partial charge on any atom is 0.0522 e. The number of rotatable bonds is 5. The zero-order chi connectivity index (χ0) is 12.2. The van der Waals surface area contributed by atoms with Gasteiger partial charge in [-0.25, -0.2) is 0 Å². The lowest BCUT2D eigenvalue weighted by molar-refractivity contribution is 0.270. The van der Waals surface area contributed by atoms with Gasteiger partial charge in [-0.15, -0.1) is 0 Å². The molecule has 0 aliphatic carbocycles. The van der Waals surface area contributed by atoms with Gasteiger partial charge in [0.1, 0.15) is 0 Å². The second kappa shape index (κ2) is 5.48. The third-order valence-corrected chi connectivity index (χ3v) is 2.95. The lowest BCUT2D eigenvalue weighted by atomic mass is 9.83. The summed E-state index contributed by atoms with van der Waals surface area (Å²) in [6, 6.07) is 0.506. The monoisotopic (exact) mass is 223 g/mol. The third kappa shape index (κ3) is 3.63. The molecule has 16 heavy (non-hydrogen) atoms. The molecule has 3 heteroatoms.